The number of hydrogen-bond donors (Lipinski definition) is 0. The second-order valence-corrected chi connectivity index (χ2v) is 4.31. The van der Waals surface area contributed by atoms with Crippen molar-refractivity contribution >= 4 is 6.08 Å². The summed E-state index contributed by atoms with van der Waals surface area (Å²) in [6.45, 7) is 8.93. The van der Waals surface area contributed by atoms with Gasteiger partial charge in [-0.05, 0) is 30.5 Å². The Morgan fingerprint density at radius 3 is 2.76 bits per heavy atom. The van der Waals surface area contributed by atoms with Gasteiger partial charge in [0.15, 0.2) is 0 Å². The molecule has 2 heteroatoms. The van der Waals surface area contributed by atoms with Crippen LogP contribution in [0, 0.1) is 5.92 Å². The van der Waals surface area contributed by atoms with Gasteiger partial charge in [-0.15, -0.1) is 0 Å². The van der Waals surface area contributed by atoms with Gasteiger partial charge in [0.25, 0.3) is 0 Å². The Hall–Kier alpha value is -1.44. The standard InChI is InChI=1S/C15H22O2/c1-5-7-12(3)11-17-14-8-9-15(16-4)13(6-2)10-14/h6,8-10,12H,2,5,7,11H2,1,3-4H3. The average Bonchev–Trinajstić information content (AvgIpc) is 2.36. The fourth-order valence-corrected chi connectivity index (χ4v) is 1.78. The summed E-state index contributed by atoms with van der Waals surface area (Å²) in [5.41, 5.74) is 0.966. The summed E-state index contributed by atoms with van der Waals surface area (Å²) in [5.74, 6) is 2.30. The van der Waals surface area contributed by atoms with E-state index in [-0.39, 0.29) is 0 Å². The first kappa shape index (κ1) is 13.6. The van der Waals surface area contributed by atoms with Crippen molar-refractivity contribution in [1.29, 1.82) is 0 Å². The number of ether oxygens (including phenoxy) is 2. The molecule has 0 heterocycles. The molecule has 1 aromatic carbocycles. The van der Waals surface area contributed by atoms with E-state index in [0.717, 1.165) is 23.7 Å². The number of methoxy groups -OCH3 is 1. The van der Waals surface area contributed by atoms with Gasteiger partial charge in [0.1, 0.15) is 11.5 Å². The van der Waals surface area contributed by atoms with Crippen LogP contribution >= 0.6 is 0 Å². The molecule has 0 spiro atoms. The molecule has 94 valence electrons. The molecule has 0 bridgehead atoms. The first-order valence-corrected chi connectivity index (χ1v) is 6.14. The smallest absolute Gasteiger partial charge is 0.126 e. The van der Waals surface area contributed by atoms with Gasteiger partial charge < -0.3 is 9.47 Å². The van der Waals surface area contributed by atoms with E-state index in [0.29, 0.717) is 5.92 Å². The van der Waals surface area contributed by atoms with E-state index in [9.17, 15) is 0 Å². The molecular weight excluding hydrogens is 212 g/mol. The zero-order chi connectivity index (χ0) is 12.7. The SMILES string of the molecule is C=Cc1cc(OCC(C)CCC)ccc1OC. The summed E-state index contributed by atoms with van der Waals surface area (Å²) >= 11 is 0. The zero-order valence-corrected chi connectivity index (χ0v) is 11.0. The fourth-order valence-electron chi connectivity index (χ4n) is 1.78. The van der Waals surface area contributed by atoms with Gasteiger partial charge in [0, 0.05) is 5.56 Å². The van der Waals surface area contributed by atoms with E-state index in [4.69, 9.17) is 9.47 Å². The lowest BCUT2D eigenvalue weighted by molar-refractivity contribution is 0.251. The molecule has 0 fully saturated rings. The van der Waals surface area contributed by atoms with Crippen LogP contribution in [0.1, 0.15) is 32.3 Å². The minimum Gasteiger partial charge on any atom is -0.496 e. The molecule has 1 unspecified atom stereocenters. The highest BCUT2D eigenvalue weighted by Gasteiger charge is 2.04. The van der Waals surface area contributed by atoms with Crippen molar-refractivity contribution in [2.75, 3.05) is 13.7 Å². The van der Waals surface area contributed by atoms with Crippen LogP contribution in [-0.4, -0.2) is 13.7 Å². The van der Waals surface area contributed by atoms with Crippen molar-refractivity contribution in [3.8, 4) is 11.5 Å². The molecule has 0 aliphatic carbocycles. The van der Waals surface area contributed by atoms with Crippen LogP contribution in [0.5, 0.6) is 11.5 Å². The summed E-state index contributed by atoms with van der Waals surface area (Å²) in [7, 11) is 1.66. The zero-order valence-electron chi connectivity index (χ0n) is 11.0. The van der Waals surface area contributed by atoms with E-state index < -0.39 is 0 Å². The summed E-state index contributed by atoms with van der Waals surface area (Å²) in [4.78, 5) is 0. The molecule has 0 aliphatic rings. The molecule has 1 atom stereocenters. The predicted molar refractivity (Wildman–Crippen MR) is 72.7 cm³/mol. The first-order valence-electron chi connectivity index (χ1n) is 6.14. The third-order valence-corrected chi connectivity index (χ3v) is 2.74. The Labute approximate surface area is 104 Å². The van der Waals surface area contributed by atoms with Crippen LogP contribution in [0.3, 0.4) is 0 Å². The molecule has 17 heavy (non-hydrogen) atoms. The minimum atomic E-state index is 0.592. The van der Waals surface area contributed by atoms with E-state index >= 15 is 0 Å². The van der Waals surface area contributed by atoms with Gasteiger partial charge in [-0.1, -0.05) is 32.9 Å². The third-order valence-electron chi connectivity index (χ3n) is 2.74. The lowest BCUT2D eigenvalue weighted by Gasteiger charge is -2.13. The first-order chi connectivity index (χ1) is 8.21. The van der Waals surface area contributed by atoms with Crippen molar-refractivity contribution in [2.45, 2.75) is 26.7 Å². The highest BCUT2D eigenvalue weighted by molar-refractivity contribution is 5.58. The summed E-state index contributed by atoms with van der Waals surface area (Å²) < 4.78 is 11.0. The van der Waals surface area contributed by atoms with Gasteiger partial charge in [-0.3, -0.25) is 0 Å². The maximum atomic E-state index is 5.76. The molecule has 1 rings (SSSR count). The molecule has 0 saturated carbocycles. The minimum absolute atomic E-state index is 0.592. The maximum Gasteiger partial charge on any atom is 0.126 e. The summed E-state index contributed by atoms with van der Waals surface area (Å²) in [5, 5.41) is 0. The van der Waals surface area contributed by atoms with Crippen LogP contribution in [0.15, 0.2) is 24.8 Å². The Morgan fingerprint density at radius 2 is 2.18 bits per heavy atom. The molecule has 0 saturated heterocycles. The monoisotopic (exact) mass is 234 g/mol. The van der Waals surface area contributed by atoms with Gasteiger partial charge >= 0.3 is 0 Å². The summed E-state index contributed by atoms with van der Waals surface area (Å²) in [6, 6.07) is 5.81. The second kappa shape index (κ2) is 7.00. The third kappa shape index (κ3) is 4.14. The van der Waals surface area contributed by atoms with E-state index in [2.05, 4.69) is 20.4 Å². The summed E-state index contributed by atoms with van der Waals surface area (Å²) in [6.07, 6.45) is 4.18. The number of hydrogen-bond acceptors (Lipinski definition) is 2. The average molecular weight is 234 g/mol. The number of rotatable bonds is 7. The fraction of sp³-hybridized carbons (Fsp3) is 0.467. The maximum absolute atomic E-state index is 5.76. The van der Waals surface area contributed by atoms with Crippen LogP contribution in [0.25, 0.3) is 6.08 Å². The molecule has 2 nitrogen and oxygen atoms in total. The topological polar surface area (TPSA) is 18.5 Å². The van der Waals surface area contributed by atoms with Gasteiger partial charge in [-0.2, -0.15) is 0 Å². The quantitative estimate of drug-likeness (QED) is 0.705. The highest BCUT2D eigenvalue weighted by Crippen LogP contribution is 2.25. The molecule has 0 N–H and O–H groups in total. The van der Waals surface area contributed by atoms with Crippen LogP contribution in [0.2, 0.25) is 0 Å². The Balaban J connectivity index is 2.63. The Bertz CT molecular complexity index is 358. The molecule has 0 aromatic heterocycles. The van der Waals surface area contributed by atoms with Crippen LogP contribution < -0.4 is 9.47 Å². The van der Waals surface area contributed by atoms with Gasteiger partial charge in [0.2, 0.25) is 0 Å². The van der Waals surface area contributed by atoms with Crippen molar-refractivity contribution in [1.82, 2.24) is 0 Å². The predicted octanol–water partition coefficient (Wildman–Crippen LogP) is 4.15. The molecule has 0 amide bonds. The van der Waals surface area contributed by atoms with Crippen molar-refractivity contribution in [2.24, 2.45) is 5.92 Å². The Morgan fingerprint density at radius 1 is 1.41 bits per heavy atom. The van der Waals surface area contributed by atoms with E-state index in [1.807, 2.05) is 18.2 Å². The largest absolute Gasteiger partial charge is 0.496 e. The Kier molecular flexibility index (Phi) is 5.61. The van der Waals surface area contributed by atoms with Crippen molar-refractivity contribution in [3.05, 3.63) is 30.3 Å². The normalized spacial score (nSPS) is 11.9. The molecular formula is C15H22O2. The highest BCUT2D eigenvalue weighted by atomic mass is 16.5. The van der Waals surface area contributed by atoms with Crippen molar-refractivity contribution < 1.29 is 9.47 Å². The van der Waals surface area contributed by atoms with Crippen LogP contribution in [0.4, 0.5) is 0 Å². The molecule has 0 aliphatic heterocycles. The lowest BCUT2D eigenvalue weighted by Crippen LogP contribution is -2.08. The van der Waals surface area contributed by atoms with Crippen molar-refractivity contribution in [3.63, 3.8) is 0 Å². The number of benzene rings is 1. The van der Waals surface area contributed by atoms with Gasteiger partial charge in [0.05, 0.1) is 13.7 Å². The second-order valence-electron chi connectivity index (χ2n) is 4.31. The molecule has 1 aromatic rings. The van der Waals surface area contributed by atoms with Crippen LogP contribution in [-0.2, 0) is 0 Å². The van der Waals surface area contributed by atoms with E-state index in [1.165, 1.54) is 12.8 Å². The molecule has 0 radical (unpaired) electrons. The van der Waals surface area contributed by atoms with E-state index in [1.54, 1.807) is 13.2 Å². The lowest BCUT2D eigenvalue weighted by atomic mass is 10.1. The van der Waals surface area contributed by atoms with Gasteiger partial charge in [-0.25, -0.2) is 0 Å².